The molecule has 0 bridgehead atoms. The quantitative estimate of drug-likeness (QED) is 0.877. The van der Waals surface area contributed by atoms with Crippen LogP contribution in [0.1, 0.15) is 10.4 Å². The van der Waals surface area contributed by atoms with Crippen molar-refractivity contribution in [2.24, 2.45) is 0 Å². The number of nitrogens with one attached hydrogen (secondary N) is 1. The highest BCUT2D eigenvalue weighted by Gasteiger charge is 2.09. The lowest BCUT2D eigenvalue weighted by molar-refractivity contribution is 0.102. The van der Waals surface area contributed by atoms with Gasteiger partial charge in [0.1, 0.15) is 11.6 Å². The Kier molecular flexibility index (Phi) is 3.43. The van der Waals surface area contributed by atoms with Gasteiger partial charge in [-0.25, -0.2) is 9.37 Å². The van der Waals surface area contributed by atoms with E-state index in [0.717, 1.165) is 6.07 Å². The monoisotopic (exact) mass is 265 g/mol. The van der Waals surface area contributed by atoms with E-state index in [2.05, 4.69) is 10.3 Å². The van der Waals surface area contributed by atoms with E-state index in [9.17, 15) is 9.18 Å². The van der Waals surface area contributed by atoms with Crippen molar-refractivity contribution in [2.75, 3.05) is 11.1 Å². The van der Waals surface area contributed by atoms with Crippen LogP contribution in [0, 0.1) is 5.82 Å². The summed E-state index contributed by atoms with van der Waals surface area (Å²) in [6, 6.07) is 6.99. The average Bonchev–Trinajstić information content (AvgIpc) is 2.35. The van der Waals surface area contributed by atoms with Gasteiger partial charge < -0.3 is 11.1 Å². The van der Waals surface area contributed by atoms with E-state index < -0.39 is 11.7 Å². The summed E-state index contributed by atoms with van der Waals surface area (Å²) in [7, 11) is 0. The number of nitrogens with zero attached hydrogens (tertiary/aromatic N) is 1. The van der Waals surface area contributed by atoms with Gasteiger partial charge in [0.05, 0.1) is 16.9 Å². The summed E-state index contributed by atoms with van der Waals surface area (Å²) < 4.78 is 13.2. The molecule has 92 valence electrons. The zero-order valence-corrected chi connectivity index (χ0v) is 9.91. The number of nitrogens with two attached hydrogens (primary N) is 1. The minimum atomic E-state index is -0.639. The van der Waals surface area contributed by atoms with Crippen molar-refractivity contribution in [2.45, 2.75) is 0 Å². The fourth-order valence-electron chi connectivity index (χ4n) is 1.32. The maximum Gasteiger partial charge on any atom is 0.255 e. The highest BCUT2D eigenvalue weighted by atomic mass is 35.5. The Morgan fingerprint density at radius 1 is 1.33 bits per heavy atom. The summed E-state index contributed by atoms with van der Waals surface area (Å²) in [6.07, 6.45) is 1.42. The number of aromatic nitrogens is 1. The fraction of sp³-hybridized carbons (Fsp3) is 0. The molecule has 0 aliphatic heterocycles. The molecule has 6 heteroatoms. The van der Waals surface area contributed by atoms with Gasteiger partial charge in [0.15, 0.2) is 0 Å². The normalized spacial score (nSPS) is 10.1. The van der Waals surface area contributed by atoms with E-state index >= 15 is 0 Å². The molecule has 2 rings (SSSR count). The van der Waals surface area contributed by atoms with Gasteiger partial charge in [0.2, 0.25) is 0 Å². The molecule has 0 radical (unpaired) electrons. The number of carbonyl (C=O) groups is 1. The Balaban J connectivity index is 2.16. The van der Waals surface area contributed by atoms with Crippen LogP contribution in [0.3, 0.4) is 0 Å². The van der Waals surface area contributed by atoms with E-state index in [1.54, 1.807) is 12.1 Å². The van der Waals surface area contributed by atoms with E-state index in [-0.39, 0.29) is 10.6 Å². The smallest absolute Gasteiger partial charge is 0.255 e. The maximum atomic E-state index is 13.2. The molecule has 2 aromatic rings. The second kappa shape index (κ2) is 5.01. The standard InChI is InChI=1S/C12H9ClFN3O/c13-9-3-1-7(5-10(9)14)12(18)17-8-2-4-11(15)16-6-8/h1-6H,(H2,15,16)(H,17,18). The Morgan fingerprint density at radius 2 is 2.11 bits per heavy atom. The first-order valence-electron chi connectivity index (χ1n) is 5.04. The molecule has 0 spiro atoms. The maximum absolute atomic E-state index is 13.2. The number of carbonyl (C=O) groups excluding carboxylic acids is 1. The largest absolute Gasteiger partial charge is 0.384 e. The Bertz CT molecular complexity index is 586. The summed E-state index contributed by atoms with van der Waals surface area (Å²) >= 11 is 5.53. The predicted octanol–water partition coefficient (Wildman–Crippen LogP) is 2.71. The third-order valence-corrected chi connectivity index (χ3v) is 2.53. The lowest BCUT2D eigenvalue weighted by Crippen LogP contribution is -2.12. The first kappa shape index (κ1) is 12.3. The number of benzene rings is 1. The molecule has 0 fully saturated rings. The molecule has 18 heavy (non-hydrogen) atoms. The zero-order chi connectivity index (χ0) is 13.1. The lowest BCUT2D eigenvalue weighted by Gasteiger charge is -2.05. The second-order valence-corrected chi connectivity index (χ2v) is 3.96. The third-order valence-electron chi connectivity index (χ3n) is 2.23. The fourth-order valence-corrected chi connectivity index (χ4v) is 1.44. The zero-order valence-electron chi connectivity index (χ0n) is 9.15. The van der Waals surface area contributed by atoms with Gasteiger partial charge in [-0.15, -0.1) is 0 Å². The molecule has 1 aromatic heterocycles. The van der Waals surface area contributed by atoms with Crippen LogP contribution in [0.4, 0.5) is 15.9 Å². The van der Waals surface area contributed by atoms with E-state index in [1.165, 1.54) is 18.3 Å². The average molecular weight is 266 g/mol. The van der Waals surface area contributed by atoms with Crippen LogP contribution in [0.5, 0.6) is 0 Å². The predicted molar refractivity (Wildman–Crippen MR) is 68.0 cm³/mol. The summed E-state index contributed by atoms with van der Waals surface area (Å²) in [5, 5.41) is 2.54. The van der Waals surface area contributed by atoms with Gasteiger partial charge in [-0.1, -0.05) is 11.6 Å². The molecular weight excluding hydrogens is 257 g/mol. The van der Waals surface area contributed by atoms with Crippen LogP contribution < -0.4 is 11.1 Å². The molecule has 0 saturated heterocycles. The van der Waals surface area contributed by atoms with Crippen LogP contribution in [0.2, 0.25) is 5.02 Å². The van der Waals surface area contributed by atoms with Crippen molar-refractivity contribution in [3.8, 4) is 0 Å². The van der Waals surface area contributed by atoms with Gasteiger partial charge in [0, 0.05) is 5.56 Å². The molecule has 0 aliphatic rings. The number of nitrogen functional groups attached to an aromatic ring is 1. The van der Waals surface area contributed by atoms with Crippen molar-refractivity contribution in [1.29, 1.82) is 0 Å². The topological polar surface area (TPSA) is 68.0 Å². The van der Waals surface area contributed by atoms with Crippen molar-refractivity contribution < 1.29 is 9.18 Å². The van der Waals surface area contributed by atoms with Crippen molar-refractivity contribution in [3.05, 3.63) is 52.9 Å². The van der Waals surface area contributed by atoms with Gasteiger partial charge in [-0.2, -0.15) is 0 Å². The molecule has 3 N–H and O–H groups in total. The summed E-state index contributed by atoms with van der Waals surface area (Å²) in [6.45, 7) is 0. The Morgan fingerprint density at radius 3 is 2.72 bits per heavy atom. The van der Waals surface area contributed by atoms with Crippen LogP contribution in [-0.4, -0.2) is 10.9 Å². The molecule has 0 aliphatic carbocycles. The van der Waals surface area contributed by atoms with Crippen LogP contribution in [0.25, 0.3) is 0 Å². The number of hydrogen-bond acceptors (Lipinski definition) is 3. The summed E-state index contributed by atoms with van der Waals surface area (Å²) in [5.74, 6) is -0.734. The number of anilines is 2. The molecular formula is C12H9ClFN3O. The highest BCUT2D eigenvalue weighted by molar-refractivity contribution is 6.30. The van der Waals surface area contributed by atoms with Crippen molar-refractivity contribution in [3.63, 3.8) is 0 Å². The highest BCUT2D eigenvalue weighted by Crippen LogP contribution is 2.16. The minimum absolute atomic E-state index is 0.0271. The lowest BCUT2D eigenvalue weighted by atomic mass is 10.2. The third kappa shape index (κ3) is 2.75. The molecule has 1 amide bonds. The molecule has 4 nitrogen and oxygen atoms in total. The first-order valence-corrected chi connectivity index (χ1v) is 5.42. The Labute approximate surface area is 108 Å². The molecule has 0 unspecified atom stereocenters. The number of amides is 1. The minimum Gasteiger partial charge on any atom is -0.384 e. The molecule has 1 heterocycles. The molecule has 0 saturated carbocycles. The van der Waals surface area contributed by atoms with Crippen LogP contribution in [0.15, 0.2) is 36.5 Å². The number of pyridine rings is 1. The molecule has 0 atom stereocenters. The molecule has 1 aromatic carbocycles. The van der Waals surface area contributed by atoms with Gasteiger partial charge in [0.25, 0.3) is 5.91 Å². The summed E-state index contributed by atoms with van der Waals surface area (Å²) in [5.41, 5.74) is 6.07. The van der Waals surface area contributed by atoms with Crippen LogP contribution in [-0.2, 0) is 0 Å². The SMILES string of the molecule is Nc1ccc(NC(=O)c2ccc(Cl)c(F)c2)cn1. The van der Waals surface area contributed by atoms with Crippen LogP contribution >= 0.6 is 11.6 Å². The van der Waals surface area contributed by atoms with Gasteiger partial charge >= 0.3 is 0 Å². The van der Waals surface area contributed by atoms with E-state index in [0.29, 0.717) is 11.5 Å². The number of halogens is 2. The number of rotatable bonds is 2. The van der Waals surface area contributed by atoms with Gasteiger partial charge in [-0.3, -0.25) is 4.79 Å². The van der Waals surface area contributed by atoms with E-state index in [4.69, 9.17) is 17.3 Å². The number of hydrogen-bond donors (Lipinski definition) is 2. The van der Waals surface area contributed by atoms with Crippen molar-refractivity contribution >= 4 is 29.0 Å². The Hall–Kier alpha value is -2.14. The first-order chi connectivity index (χ1) is 8.56. The van der Waals surface area contributed by atoms with Crippen molar-refractivity contribution in [1.82, 2.24) is 4.98 Å². The van der Waals surface area contributed by atoms with Gasteiger partial charge in [-0.05, 0) is 30.3 Å². The summed E-state index contributed by atoms with van der Waals surface area (Å²) in [4.78, 5) is 15.6. The second-order valence-electron chi connectivity index (χ2n) is 3.55. The van der Waals surface area contributed by atoms with E-state index in [1.807, 2.05) is 0 Å².